The van der Waals surface area contributed by atoms with Gasteiger partial charge in [0.15, 0.2) is 0 Å². The molecule has 0 saturated heterocycles. The van der Waals surface area contributed by atoms with Gasteiger partial charge in [0.25, 0.3) is 0 Å². The van der Waals surface area contributed by atoms with Crippen LogP contribution in [-0.2, 0) is 13.8 Å². The smallest absolute Gasteiger partial charge is 0.235 e. The number of rotatable bonds is 5. The average molecular weight is 269 g/mol. The fourth-order valence-electron chi connectivity index (χ4n) is 2.66. The molecule has 0 aliphatic heterocycles. The highest BCUT2D eigenvalue weighted by molar-refractivity contribution is 8.13. The summed E-state index contributed by atoms with van der Waals surface area (Å²) in [5, 5.41) is 0. The van der Waals surface area contributed by atoms with E-state index in [2.05, 4.69) is 0 Å². The third kappa shape index (κ3) is 4.22. The fourth-order valence-corrected chi connectivity index (χ4v) is 4.32. The lowest BCUT2D eigenvalue weighted by Crippen LogP contribution is -2.44. The molecule has 0 amide bonds. The number of halogens is 1. The van der Waals surface area contributed by atoms with Crippen molar-refractivity contribution in [3.05, 3.63) is 0 Å². The molecule has 1 aliphatic rings. The molecule has 0 spiro atoms. The van der Waals surface area contributed by atoms with E-state index in [1.165, 1.54) is 6.42 Å². The van der Waals surface area contributed by atoms with Crippen LogP contribution in [0.4, 0.5) is 0 Å². The Labute approximate surface area is 103 Å². The molecule has 3 nitrogen and oxygen atoms in total. The Morgan fingerprint density at radius 1 is 1.31 bits per heavy atom. The highest BCUT2D eigenvalue weighted by atomic mass is 35.7. The molecule has 0 aromatic carbocycles. The first-order valence-electron chi connectivity index (χ1n) is 5.93. The molecular formula is C11H21ClO3S. The number of hydrogen-bond donors (Lipinski definition) is 0. The summed E-state index contributed by atoms with van der Waals surface area (Å²) >= 11 is 0. The van der Waals surface area contributed by atoms with Crippen LogP contribution in [0.1, 0.15) is 46.0 Å². The lowest BCUT2D eigenvalue weighted by atomic mass is 9.78. The first-order chi connectivity index (χ1) is 7.37. The standard InChI is InChI=1S/C11H21ClO3S/c1-3-15-11(2,9-16(12,13)14)10-7-5-4-6-8-10/h10H,3-9H2,1-2H3. The van der Waals surface area contributed by atoms with Gasteiger partial charge in [0.2, 0.25) is 9.05 Å². The van der Waals surface area contributed by atoms with E-state index in [9.17, 15) is 8.42 Å². The van der Waals surface area contributed by atoms with Gasteiger partial charge >= 0.3 is 0 Å². The molecule has 0 radical (unpaired) electrons. The quantitative estimate of drug-likeness (QED) is 0.720. The largest absolute Gasteiger partial charge is 0.374 e. The molecule has 1 unspecified atom stereocenters. The van der Waals surface area contributed by atoms with Crippen LogP contribution in [0, 0.1) is 5.92 Å². The van der Waals surface area contributed by atoms with Gasteiger partial charge < -0.3 is 4.74 Å². The van der Waals surface area contributed by atoms with Crippen molar-refractivity contribution in [3.8, 4) is 0 Å². The first-order valence-corrected chi connectivity index (χ1v) is 8.41. The second-order valence-electron chi connectivity index (χ2n) is 4.76. The Bertz CT molecular complexity index is 309. The van der Waals surface area contributed by atoms with E-state index in [-0.39, 0.29) is 5.75 Å². The van der Waals surface area contributed by atoms with Gasteiger partial charge in [-0.05, 0) is 32.6 Å². The van der Waals surface area contributed by atoms with E-state index < -0.39 is 14.7 Å². The van der Waals surface area contributed by atoms with Gasteiger partial charge in [-0.3, -0.25) is 0 Å². The average Bonchev–Trinajstić information content (AvgIpc) is 2.16. The Balaban J connectivity index is 2.77. The van der Waals surface area contributed by atoms with Crippen LogP contribution in [0.25, 0.3) is 0 Å². The van der Waals surface area contributed by atoms with Crippen molar-refractivity contribution in [2.24, 2.45) is 5.92 Å². The first kappa shape index (κ1) is 14.3. The monoisotopic (exact) mass is 268 g/mol. The minimum absolute atomic E-state index is 0.0833. The molecule has 0 aromatic rings. The maximum absolute atomic E-state index is 11.2. The van der Waals surface area contributed by atoms with E-state index >= 15 is 0 Å². The summed E-state index contributed by atoms with van der Waals surface area (Å²) < 4.78 is 28.2. The van der Waals surface area contributed by atoms with Crippen molar-refractivity contribution >= 4 is 19.7 Å². The zero-order valence-corrected chi connectivity index (χ0v) is 11.6. The number of hydrogen-bond acceptors (Lipinski definition) is 3. The predicted molar refractivity (Wildman–Crippen MR) is 66.2 cm³/mol. The topological polar surface area (TPSA) is 43.4 Å². The van der Waals surface area contributed by atoms with Gasteiger partial charge in [0.05, 0.1) is 11.4 Å². The van der Waals surface area contributed by atoms with Crippen LogP contribution < -0.4 is 0 Å². The van der Waals surface area contributed by atoms with E-state index in [4.69, 9.17) is 15.4 Å². The molecule has 1 fully saturated rings. The second kappa shape index (κ2) is 5.69. The zero-order chi connectivity index (χ0) is 12.2. The number of ether oxygens (including phenoxy) is 1. The van der Waals surface area contributed by atoms with Crippen molar-refractivity contribution < 1.29 is 13.2 Å². The highest BCUT2D eigenvalue weighted by Gasteiger charge is 2.39. The van der Waals surface area contributed by atoms with E-state index in [1.807, 2.05) is 13.8 Å². The molecule has 0 bridgehead atoms. The molecule has 0 N–H and O–H groups in total. The summed E-state index contributed by atoms with van der Waals surface area (Å²) in [6, 6.07) is 0. The molecule has 5 heteroatoms. The van der Waals surface area contributed by atoms with E-state index in [0.29, 0.717) is 12.5 Å². The third-order valence-corrected chi connectivity index (χ3v) is 4.65. The molecule has 1 rings (SSSR count). The summed E-state index contributed by atoms with van der Waals surface area (Å²) in [6.45, 7) is 4.30. The van der Waals surface area contributed by atoms with Crippen LogP contribution in [-0.4, -0.2) is 26.4 Å². The molecule has 16 heavy (non-hydrogen) atoms. The second-order valence-corrected chi connectivity index (χ2v) is 7.54. The minimum Gasteiger partial charge on any atom is -0.374 e. The normalized spacial score (nSPS) is 22.9. The van der Waals surface area contributed by atoms with Crippen LogP contribution in [0.15, 0.2) is 0 Å². The van der Waals surface area contributed by atoms with Gasteiger partial charge in [0, 0.05) is 17.3 Å². The van der Waals surface area contributed by atoms with E-state index in [0.717, 1.165) is 25.7 Å². The van der Waals surface area contributed by atoms with Crippen molar-refractivity contribution in [2.45, 2.75) is 51.6 Å². The third-order valence-electron chi connectivity index (χ3n) is 3.40. The maximum Gasteiger partial charge on any atom is 0.235 e. The molecular weight excluding hydrogens is 248 g/mol. The summed E-state index contributed by atoms with van der Waals surface area (Å²) in [4.78, 5) is 0. The van der Waals surface area contributed by atoms with Gasteiger partial charge in [-0.2, -0.15) is 0 Å². The van der Waals surface area contributed by atoms with Crippen LogP contribution in [0.3, 0.4) is 0 Å². The Morgan fingerprint density at radius 3 is 2.31 bits per heavy atom. The van der Waals surface area contributed by atoms with Gasteiger partial charge in [-0.25, -0.2) is 8.42 Å². The summed E-state index contributed by atoms with van der Waals surface area (Å²) in [7, 11) is 1.86. The van der Waals surface area contributed by atoms with Crippen LogP contribution >= 0.6 is 10.7 Å². The van der Waals surface area contributed by atoms with Crippen LogP contribution in [0.2, 0.25) is 0 Å². The highest BCUT2D eigenvalue weighted by Crippen LogP contribution is 2.36. The van der Waals surface area contributed by atoms with E-state index in [1.54, 1.807) is 0 Å². The van der Waals surface area contributed by atoms with Crippen LogP contribution in [0.5, 0.6) is 0 Å². The maximum atomic E-state index is 11.2. The van der Waals surface area contributed by atoms with Gasteiger partial charge in [0.1, 0.15) is 0 Å². The molecule has 1 saturated carbocycles. The summed E-state index contributed by atoms with van der Waals surface area (Å²) in [5.74, 6) is 0.231. The molecule has 0 heterocycles. The molecule has 1 aliphatic carbocycles. The van der Waals surface area contributed by atoms with Crippen molar-refractivity contribution in [1.29, 1.82) is 0 Å². The lowest BCUT2D eigenvalue weighted by Gasteiger charge is -2.38. The fraction of sp³-hybridized carbons (Fsp3) is 1.00. The lowest BCUT2D eigenvalue weighted by molar-refractivity contribution is -0.0615. The van der Waals surface area contributed by atoms with Gasteiger partial charge in [-0.1, -0.05) is 19.3 Å². The minimum atomic E-state index is -3.51. The SMILES string of the molecule is CCOC(C)(CS(=O)(=O)Cl)C1CCCCC1. The Kier molecular flexibility index (Phi) is 5.08. The zero-order valence-electron chi connectivity index (χ0n) is 10.0. The van der Waals surface area contributed by atoms with Crippen molar-refractivity contribution in [2.75, 3.05) is 12.4 Å². The van der Waals surface area contributed by atoms with Crippen molar-refractivity contribution in [1.82, 2.24) is 0 Å². The molecule has 96 valence electrons. The predicted octanol–water partition coefficient (Wildman–Crippen LogP) is 2.93. The summed E-state index contributed by atoms with van der Waals surface area (Å²) in [6.07, 6.45) is 5.66. The Hall–Kier alpha value is 0.200. The summed E-state index contributed by atoms with van der Waals surface area (Å²) in [5.41, 5.74) is -0.615. The molecule has 0 aromatic heterocycles. The van der Waals surface area contributed by atoms with Crippen molar-refractivity contribution in [3.63, 3.8) is 0 Å². The van der Waals surface area contributed by atoms with Gasteiger partial charge in [-0.15, -0.1) is 0 Å². The molecule has 1 atom stereocenters. The Morgan fingerprint density at radius 2 is 1.88 bits per heavy atom.